The molecule has 0 saturated heterocycles. The van der Waals surface area contributed by atoms with Crippen LogP contribution in [0.5, 0.6) is 0 Å². The van der Waals surface area contributed by atoms with Crippen LogP contribution in [-0.2, 0) is 11.2 Å². The molecule has 3 rings (SSSR count). The highest BCUT2D eigenvalue weighted by atomic mass is 16.5. The molecule has 0 amide bonds. The van der Waals surface area contributed by atoms with Crippen LogP contribution in [0.2, 0.25) is 0 Å². The molecular formula is C19H16O3. The van der Waals surface area contributed by atoms with E-state index in [0.29, 0.717) is 23.3 Å². The standard InChI is InChI=1S/C19H16O3/c20-18-12-15(19(21)17-9-5-4-8-16(17)18)13-22-11-10-14-6-2-1-3-7-14/h1-9,12H,10-11,13H2. The van der Waals surface area contributed by atoms with Gasteiger partial charge in [0, 0.05) is 16.7 Å². The number of hydrogen-bond acceptors (Lipinski definition) is 3. The summed E-state index contributed by atoms with van der Waals surface area (Å²) in [6.07, 6.45) is 2.18. The number of carbonyl (C=O) groups is 2. The molecule has 2 aromatic rings. The zero-order chi connectivity index (χ0) is 15.4. The van der Waals surface area contributed by atoms with E-state index in [4.69, 9.17) is 4.74 Å². The molecule has 0 aromatic heterocycles. The fraction of sp³-hybridized carbons (Fsp3) is 0.158. The minimum Gasteiger partial charge on any atom is -0.376 e. The third-order valence-electron chi connectivity index (χ3n) is 3.67. The number of rotatable bonds is 5. The topological polar surface area (TPSA) is 43.4 Å². The van der Waals surface area contributed by atoms with Crippen LogP contribution in [0, 0.1) is 0 Å². The summed E-state index contributed by atoms with van der Waals surface area (Å²) in [7, 11) is 0. The lowest BCUT2D eigenvalue weighted by Crippen LogP contribution is -2.20. The summed E-state index contributed by atoms with van der Waals surface area (Å²) < 4.78 is 5.57. The van der Waals surface area contributed by atoms with Gasteiger partial charge in [0.1, 0.15) is 0 Å². The van der Waals surface area contributed by atoms with Crippen LogP contribution >= 0.6 is 0 Å². The second kappa shape index (κ2) is 6.50. The van der Waals surface area contributed by atoms with Crippen LogP contribution in [0.15, 0.2) is 66.2 Å². The number of benzene rings is 2. The number of ketones is 2. The number of carbonyl (C=O) groups excluding carboxylic acids is 2. The Bertz CT molecular complexity index is 729. The normalized spacial score (nSPS) is 13.7. The quantitative estimate of drug-likeness (QED) is 0.795. The fourth-order valence-corrected chi connectivity index (χ4v) is 2.49. The van der Waals surface area contributed by atoms with E-state index in [1.807, 2.05) is 30.3 Å². The van der Waals surface area contributed by atoms with Crippen molar-refractivity contribution >= 4 is 11.6 Å². The van der Waals surface area contributed by atoms with E-state index in [-0.39, 0.29) is 18.2 Å². The Balaban J connectivity index is 1.60. The van der Waals surface area contributed by atoms with Crippen molar-refractivity contribution in [1.82, 2.24) is 0 Å². The van der Waals surface area contributed by atoms with Crippen LogP contribution in [0.1, 0.15) is 26.3 Å². The van der Waals surface area contributed by atoms with Gasteiger partial charge < -0.3 is 4.74 Å². The Labute approximate surface area is 129 Å². The zero-order valence-electron chi connectivity index (χ0n) is 12.1. The number of fused-ring (bicyclic) bond motifs is 1. The molecule has 0 N–H and O–H groups in total. The molecule has 0 aliphatic heterocycles. The molecule has 0 atom stereocenters. The van der Waals surface area contributed by atoms with Crippen molar-refractivity contribution < 1.29 is 14.3 Å². The van der Waals surface area contributed by atoms with Gasteiger partial charge in [0.05, 0.1) is 13.2 Å². The molecule has 0 spiro atoms. The Morgan fingerprint density at radius 2 is 1.50 bits per heavy atom. The van der Waals surface area contributed by atoms with E-state index in [0.717, 1.165) is 6.42 Å². The van der Waals surface area contributed by atoms with Crippen molar-refractivity contribution in [3.63, 3.8) is 0 Å². The number of allylic oxidation sites excluding steroid dienone is 1. The minimum atomic E-state index is -0.128. The molecule has 1 aliphatic carbocycles. The highest BCUT2D eigenvalue weighted by molar-refractivity contribution is 6.24. The van der Waals surface area contributed by atoms with Gasteiger partial charge in [-0.05, 0) is 18.1 Å². The van der Waals surface area contributed by atoms with Gasteiger partial charge in [0.2, 0.25) is 0 Å². The van der Waals surface area contributed by atoms with Crippen molar-refractivity contribution in [1.29, 1.82) is 0 Å². The molecular weight excluding hydrogens is 276 g/mol. The van der Waals surface area contributed by atoms with Gasteiger partial charge in [-0.25, -0.2) is 0 Å². The Kier molecular flexibility index (Phi) is 4.26. The second-order valence-electron chi connectivity index (χ2n) is 5.20. The number of Topliss-reactive ketones (excluding diaryl/α,β-unsaturated/α-hetero) is 1. The first kappa shape index (κ1) is 14.4. The van der Waals surface area contributed by atoms with Gasteiger partial charge in [-0.3, -0.25) is 9.59 Å². The van der Waals surface area contributed by atoms with Crippen molar-refractivity contribution in [3.8, 4) is 0 Å². The molecule has 3 heteroatoms. The predicted molar refractivity (Wildman–Crippen MR) is 84.2 cm³/mol. The summed E-state index contributed by atoms with van der Waals surface area (Å²) in [5.74, 6) is -0.244. The van der Waals surface area contributed by atoms with E-state index in [2.05, 4.69) is 0 Å². The van der Waals surface area contributed by atoms with Crippen LogP contribution in [0.3, 0.4) is 0 Å². The first-order valence-corrected chi connectivity index (χ1v) is 7.26. The molecule has 0 saturated carbocycles. The van der Waals surface area contributed by atoms with Gasteiger partial charge in [0.25, 0.3) is 0 Å². The van der Waals surface area contributed by atoms with Crippen LogP contribution in [0.25, 0.3) is 0 Å². The molecule has 0 unspecified atom stereocenters. The highest BCUT2D eigenvalue weighted by Crippen LogP contribution is 2.21. The third kappa shape index (κ3) is 3.05. The molecule has 0 bridgehead atoms. The summed E-state index contributed by atoms with van der Waals surface area (Å²) in [6.45, 7) is 0.691. The first-order chi connectivity index (χ1) is 10.8. The van der Waals surface area contributed by atoms with Gasteiger partial charge in [-0.1, -0.05) is 54.6 Å². The average Bonchev–Trinajstić information content (AvgIpc) is 2.57. The maximum atomic E-state index is 12.3. The Hall–Kier alpha value is -2.52. The van der Waals surface area contributed by atoms with Crippen molar-refractivity contribution in [2.75, 3.05) is 13.2 Å². The first-order valence-electron chi connectivity index (χ1n) is 7.26. The van der Waals surface area contributed by atoms with Crippen LogP contribution in [0.4, 0.5) is 0 Å². The monoisotopic (exact) mass is 292 g/mol. The molecule has 3 nitrogen and oxygen atoms in total. The summed E-state index contributed by atoms with van der Waals surface area (Å²) in [5.41, 5.74) is 2.56. The predicted octanol–water partition coefficient (Wildman–Crippen LogP) is 3.25. The number of ether oxygens (including phenoxy) is 1. The molecule has 0 radical (unpaired) electrons. The van der Waals surface area contributed by atoms with E-state index in [1.165, 1.54) is 11.6 Å². The molecule has 0 heterocycles. The molecule has 2 aromatic carbocycles. The Morgan fingerprint density at radius 3 is 2.27 bits per heavy atom. The van der Waals surface area contributed by atoms with Gasteiger partial charge in [-0.15, -0.1) is 0 Å². The van der Waals surface area contributed by atoms with Crippen molar-refractivity contribution in [2.45, 2.75) is 6.42 Å². The van der Waals surface area contributed by atoms with E-state index in [1.54, 1.807) is 24.3 Å². The lowest BCUT2D eigenvalue weighted by molar-refractivity contribution is 0.0946. The smallest absolute Gasteiger partial charge is 0.192 e. The number of hydrogen-bond donors (Lipinski definition) is 0. The van der Waals surface area contributed by atoms with Gasteiger partial charge >= 0.3 is 0 Å². The fourth-order valence-electron chi connectivity index (χ4n) is 2.49. The second-order valence-corrected chi connectivity index (χ2v) is 5.20. The highest BCUT2D eigenvalue weighted by Gasteiger charge is 2.24. The molecule has 110 valence electrons. The summed E-state index contributed by atoms with van der Waals surface area (Å²) in [5, 5.41) is 0. The Morgan fingerprint density at radius 1 is 0.818 bits per heavy atom. The van der Waals surface area contributed by atoms with E-state index >= 15 is 0 Å². The summed E-state index contributed by atoms with van der Waals surface area (Å²) in [6, 6.07) is 16.9. The lowest BCUT2D eigenvalue weighted by Gasteiger charge is -2.15. The van der Waals surface area contributed by atoms with Crippen molar-refractivity contribution in [3.05, 3.63) is 82.9 Å². The minimum absolute atomic E-state index is 0.116. The van der Waals surface area contributed by atoms with Crippen LogP contribution < -0.4 is 0 Å². The third-order valence-corrected chi connectivity index (χ3v) is 3.67. The van der Waals surface area contributed by atoms with Crippen LogP contribution in [-0.4, -0.2) is 24.8 Å². The van der Waals surface area contributed by atoms with E-state index in [9.17, 15) is 9.59 Å². The van der Waals surface area contributed by atoms with Crippen molar-refractivity contribution in [2.24, 2.45) is 0 Å². The van der Waals surface area contributed by atoms with Gasteiger partial charge in [-0.2, -0.15) is 0 Å². The maximum absolute atomic E-state index is 12.3. The summed E-state index contributed by atoms with van der Waals surface area (Å²) >= 11 is 0. The van der Waals surface area contributed by atoms with Gasteiger partial charge in [0.15, 0.2) is 11.6 Å². The molecule has 0 fully saturated rings. The molecule has 1 aliphatic rings. The largest absolute Gasteiger partial charge is 0.376 e. The summed E-state index contributed by atoms with van der Waals surface area (Å²) in [4.78, 5) is 24.3. The lowest BCUT2D eigenvalue weighted by atomic mass is 9.90. The van der Waals surface area contributed by atoms with E-state index < -0.39 is 0 Å². The molecule has 22 heavy (non-hydrogen) atoms. The zero-order valence-corrected chi connectivity index (χ0v) is 12.1. The average molecular weight is 292 g/mol. The maximum Gasteiger partial charge on any atom is 0.192 e. The SMILES string of the molecule is O=C1C=C(COCCc2ccccc2)C(=O)c2ccccc21.